The first-order valence-corrected chi connectivity index (χ1v) is 7.41. The van der Waals surface area contributed by atoms with Gasteiger partial charge in [-0.3, -0.25) is 0 Å². The van der Waals surface area contributed by atoms with E-state index in [1.807, 2.05) is 24.3 Å². The molecule has 0 heterocycles. The molecule has 0 amide bonds. The minimum absolute atomic E-state index is 0.0233. The molecule has 110 valence electrons. The maximum absolute atomic E-state index is 9.39. The van der Waals surface area contributed by atoms with Crippen molar-refractivity contribution in [1.29, 1.82) is 0 Å². The van der Waals surface area contributed by atoms with Crippen LogP contribution in [-0.2, 0) is 12.8 Å². The van der Waals surface area contributed by atoms with E-state index >= 15 is 0 Å². The van der Waals surface area contributed by atoms with Gasteiger partial charge in [0.1, 0.15) is 11.5 Å². The molecule has 1 atom stereocenters. The largest absolute Gasteiger partial charge is 0.457 e. The molecule has 21 heavy (non-hydrogen) atoms. The van der Waals surface area contributed by atoms with Gasteiger partial charge in [0.05, 0.1) is 6.61 Å². The fourth-order valence-electron chi connectivity index (χ4n) is 2.70. The summed E-state index contributed by atoms with van der Waals surface area (Å²) in [6.45, 7) is 0.0233. The number of rotatable bonds is 3. The van der Waals surface area contributed by atoms with E-state index in [9.17, 15) is 5.11 Å². The number of halogens is 1. The lowest BCUT2D eigenvalue weighted by Gasteiger charge is -2.33. The number of aryl methyl sites for hydroxylation is 1. The van der Waals surface area contributed by atoms with Gasteiger partial charge in [-0.15, -0.1) is 0 Å². The Labute approximate surface area is 129 Å². The van der Waals surface area contributed by atoms with Gasteiger partial charge in [-0.25, -0.2) is 0 Å². The standard InChI is InChI=1S/C17H18ClNO2/c18-14-2-5-15(6-3-14)21-16-4-1-13-10-17(19,11-20)8-7-12(13)9-16/h1-6,9,20H,7-8,10-11,19H2. The average molecular weight is 304 g/mol. The average Bonchev–Trinajstić information content (AvgIpc) is 2.50. The number of nitrogens with two attached hydrogens (primary N) is 1. The van der Waals surface area contributed by atoms with Gasteiger partial charge in [-0.05, 0) is 66.8 Å². The third kappa shape index (κ3) is 3.21. The first-order chi connectivity index (χ1) is 10.1. The lowest BCUT2D eigenvalue weighted by Crippen LogP contribution is -2.48. The van der Waals surface area contributed by atoms with Crippen molar-refractivity contribution in [2.24, 2.45) is 5.73 Å². The second-order valence-corrected chi connectivity index (χ2v) is 6.12. The Morgan fingerprint density at radius 2 is 1.81 bits per heavy atom. The number of hydrogen-bond acceptors (Lipinski definition) is 3. The summed E-state index contributed by atoms with van der Waals surface area (Å²) >= 11 is 5.86. The van der Waals surface area contributed by atoms with Gasteiger partial charge in [0.25, 0.3) is 0 Å². The van der Waals surface area contributed by atoms with Crippen molar-refractivity contribution in [3.8, 4) is 11.5 Å². The Kier molecular flexibility index (Phi) is 3.89. The van der Waals surface area contributed by atoms with Crippen LogP contribution in [0.4, 0.5) is 0 Å². The minimum atomic E-state index is -0.481. The van der Waals surface area contributed by atoms with Gasteiger partial charge in [0.2, 0.25) is 0 Å². The van der Waals surface area contributed by atoms with Crippen LogP contribution < -0.4 is 10.5 Å². The zero-order chi connectivity index (χ0) is 14.9. The summed E-state index contributed by atoms with van der Waals surface area (Å²) in [4.78, 5) is 0. The number of aliphatic hydroxyl groups is 1. The highest BCUT2D eigenvalue weighted by atomic mass is 35.5. The molecule has 1 aliphatic rings. The highest BCUT2D eigenvalue weighted by Crippen LogP contribution is 2.31. The summed E-state index contributed by atoms with van der Waals surface area (Å²) in [6.07, 6.45) is 2.37. The molecule has 1 unspecified atom stereocenters. The summed E-state index contributed by atoms with van der Waals surface area (Å²) in [5.41, 5.74) is 8.12. The van der Waals surface area contributed by atoms with E-state index in [0.29, 0.717) is 11.4 Å². The molecule has 0 saturated carbocycles. The SMILES string of the molecule is NC1(CO)CCc2cc(Oc3ccc(Cl)cc3)ccc2C1. The van der Waals surface area contributed by atoms with Crippen molar-refractivity contribution in [2.75, 3.05) is 6.61 Å². The molecule has 0 aromatic heterocycles. The maximum Gasteiger partial charge on any atom is 0.127 e. The zero-order valence-electron chi connectivity index (χ0n) is 11.7. The molecule has 1 aliphatic carbocycles. The molecular weight excluding hydrogens is 286 g/mol. The highest BCUT2D eigenvalue weighted by Gasteiger charge is 2.29. The molecule has 0 bridgehead atoms. The second-order valence-electron chi connectivity index (χ2n) is 5.68. The predicted octanol–water partition coefficient (Wildman–Crippen LogP) is 3.31. The van der Waals surface area contributed by atoms with E-state index in [2.05, 4.69) is 6.07 Å². The van der Waals surface area contributed by atoms with E-state index in [1.54, 1.807) is 12.1 Å². The third-order valence-electron chi connectivity index (χ3n) is 3.98. The van der Waals surface area contributed by atoms with Crippen LogP contribution in [0.25, 0.3) is 0 Å². The number of benzene rings is 2. The Hall–Kier alpha value is -1.55. The molecule has 2 aromatic carbocycles. The summed E-state index contributed by atoms with van der Waals surface area (Å²) in [5, 5.41) is 10.1. The van der Waals surface area contributed by atoms with Crippen molar-refractivity contribution >= 4 is 11.6 Å². The first kappa shape index (κ1) is 14.4. The topological polar surface area (TPSA) is 55.5 Å². The van der Waals surface area contributed by atoms with E-state index in [0.717, 1.165) is 24.3 Å². The molecular formula is C17H18ClNO2. The number of aliphatic hydroxyl groups excluding tert-OH is 1. The Morgan fingerprint density at radius 3 is 2.52 bits per heavy atom. The van der Waals surface area contributed by atoms with Gasteiger partial charge < -0.3 is 15.6 Å². The summed E-state index contributed by atoms with van der Waals surface area (Å²) in [6, 6.07) is 13.3. The van der Waals surface area contributed by atoms with Crippen LogP contribution >= 0.6 is 11.6 Å². The van der Waals surface area contributed by atoms with Gasteiger partial charge in [-0.2, -0.15) is 0 Å². The maximum atomic E-state index is 9.39. The molecule has 0 radical (unpaired) electrons. The smallest absolute Gasteiger partial charge is 0.127 e. The minimum Gasteiger partial charge on any atom is -0.457 e. The van der Waals surface area contributed by atoms with E-state index in [4.69, 9.17) is 22.1 Å². The van der Waals surface area contributed by atoms with Crippen molar-refractivity contribution in [1.82, 2.24) is 0 Å². The third-order valence-corrected chi connectivity index (χ3v) is 4.23. The Balaban J connectivity index is 1.79. The van der Waals surface area contributed by atoms with Crippen LogP contribution in [0.2, 0.25) is 5.02 Å². The highest BCUT2D eigenvalue weighted by molar-refractivity contribution is 6.30. The van der Waals surface area contributed by atoms with E-state index in [-0.39, 0.29) is 6.61 Å². The predicted molar refractivity (Wildman–Crippen MR) is 84.0 cm³/mol. The van der Waals surface area contributed by atoms with E-state index in [1.165, 1.54) is 11.1 Å². The van der Waals surface area contributed by atoms with Crippen LogP contribution in [0, 0.1) is 0 Å². The van der Waals surface area contributed by atoms with Crippen molar-refractivity contribution in [3.05, 3.63) is 58.6 Å². The van der Waals surface area contributed by atoms with Gasteiger partial charge in [0.15, 0.2) is 0 Å². The monoisotopic (exact) mass is 303 g/mol. The van der Waals surface area contributed by atoms with Crippen LogP contribution in [0.15, 0.2) is 42.5 Å². The molecule has 3 N–H and O–H groups in total. The zero-order valence-corrected chi connectivity index (χ0v) is 12.4. The van der Waals surface area contributed by atoms with Crippen LogP contribution in [0.3, 0.4) is 0 Å². The lowest BCUT2D eigenvalue weighted by molar-refractivity contribution is 0.181. The van der Waals surface area contributed by atoms with Gasteiger partial charge >= 0.3 is 0 Å². The van der Waals surface area contributed by atoms with Crippen molar-refractivity contribution < 1.29 is 9.84 Å². The van der Waals surface area contributed by atoms with Crippen LogP contribution in [-0.4, -0.2) is 17.3 Å². The molecule has 3 rings (SSSR count). The van der Waals surface area contributed by atoms with Crippen LogP contribution in [0.5, 0.6) is 11.5 Å². The molecule has 3 nitrogen and oxygen atoms in total. The van der Waals surface area contributed by atoms with Crippen molar-refractivity contribution in [2.45, 2.75) is 24.8 Å². The first-order valence-electron chi connectivity index (χ1n) is 7.03. The molecule has 0 saturated heterocycles. The van der Waals surface area contributed by atoms with Gasteiger partial charge in [0, 0.05) is 10.6 Å². The van der Waals surface area contributed by atoms with Crippen LogP contribution in [0.1, 0.15) is 17.5 Å². The molecule has 4 heteroatoms. The molecule has 0 aliphatic heterocycles. The number of fused-ring (bicyclic) bond motifs is 1. The second kappa shape index (κ2) is 5.68. The normalized spacial score (nSPS) is 20.9. The van der Waals surface area contributed by atoms with Crippen molar-refractivity contribution in [3.63, 3.8) is 0 Å². The molecule has 0 fully saturated rings. The summed E-state index contributed by atoms with van der Waals surface area (Å²) in [7, 11) is 0. The fourth-order valence-corrected chi connectivity index (χ4v) is 2.82. The summed E-state index contributed by atoms with van der Waals surface area (Å²) < 4.78 is 5.84. The Bertz CT molecular complexity index is 642. The van der Waals surface area contributed by atoms with Gasteiger partial charge in [-0.1, -0.05) is 17.7 Å². The lowest BCUT2D eigenvalue weighted by atomic mass is 9.79. The molecule has 0 spiro atoms. The quantitative estimate of drug-likeness (QED) is 0.914. The van der Waals surface area contributed by atoms with E-state index < -0.39 is 5.54 Å². The number of ether oxygens (including phenoxy) is 1. The summed E-state index contributed by atoms with van der Waals surface area (Å²) in [5.74, 6) is 1.57. The number of hydrogen-bond donors (Lipinski definition) is 2. The fraction of sp³-hybridized carbons (Fsp3) is 0.294. The Morgan fingerprint density at radius 1 is 1.10 bits per heavy atom. The molecule has 2 aromatic rings.